The van der Waals surface area contributed by atoms with Crippen molar-refractivity contribution < 1.29 is 9.21 Å². The number of benzene rings is 2. The van der Waals surface area contributed by atoms with Crippen molar-refractivity contribution in [1.29, 1.82) is 0 Å². The predicted molar refractivity (Wildman–Crippen MR) is 166 cm³/mol. The van der Waals surface area contributed by atoms with Crippen molar-refractivity contribution in [2.24, 2.45) is 0 Å². The van der Waals surface area contributed by atoms with Gasteiger partial charge in [0, 0.05) is 35.9 Å². The minimum absolute atomic E-state index is 0. The zero-order valence-electron chi connectivity index (χ0n) is 23.2. The number of para-hydroxylation sites is 2. The number of fused-ring (bicyclic) bond motifs is 3. The molecule has 7 heteroatoms. The molecule has 212 valence electrons. The van der Waals surface area contributed by atoms with Crippen LogP contribution in [0.25, 0.3) is 21.9 Å². The number of carbonyl (C=O) groups is 1. The molecule has 4 aromatic rings. The van der Waals surface area contributed by atoms with E-state index in [1.165, 1.54) is 79.8 Å². The molecule has 2 heterocycles. The molecule has 0 aliphatic heterocycles. The molecule has 0 saturated carbocycles. The van der Waals surface area contributed by atoms with Gasteiger partial charge in [0.25, 0.3) is 5.91 Å². The van der Waals surface area contributed by atoms with Gasteiger partial charge in [-0.15, -0.1) is 12.4 Å². The van der Waals surface area contributed by atoms with Gasteiger partial charge in [0.2, 0.25) is 0 Å². The van der Waals surface area contributed by atoms with Gasteiger partial charge < -0.3 is 15.1 Å². The first kappa shape index (κ1) is 29.6. The second-order valence-electron chi connectivity index (χ2n) is 10.6. The summed E-state index contributed by atoms with van der Waals surface area (Å²) in [5.74, 6) is -0.253. The summed E-state index contributed by atoms with van der Waals surface area (Å²) < 4.78 is 5.60. The Morgan fingerprint density at radius 1 is 0.800 bits per heavy atom. The molecule has 0 spiro atoms. The number of aryl methyl sites for hydroxylation is 1. The number of nitrogens with one attached hydrogen (secondary N) is 2. The molecular weight excluding hydrogens is 522 g/mol. The van der Waals surface area contributed by atoms with Crippen molar-refractivity contribution >= 4 is 45.9 Å². The fourth-order valence-corrected chi connectivity index (χ4v) is 5.60. The summed E-state index contributed by atoms with van der Waals surface area (Å²) in [4.78, 5) is 29.5. The van der Waals surface area contributed by atoms with E-state index < -0.39 is 0 Å². The van der Waals surface area contributed by atoms with E-state index in [0.29, 0.717) is 17.5 Å². The topological polar surface area (TPSA) is 84.2 Å². The Morgan fingerprint density at radius 2 is 1.45 bits per heavy atom. The summed E-state index contributed by atoms with van der Waals surface area (Å²) in [6.07, 6.45) is 14.1. The van der Waals surface area contributed by atoms with Gasteiger partial charge in [0.1, 0.15) is 5.58 Å². The van der Waals surface area contributed by atoms with Gasteiger partial charge in [0.15, 0.2) is 11.2 Å². The summed E-state index contributed by atoms with van der Waals surface area (Å²) in [6.45, 7) is 1.60. The lowest BCUT2D eigenvalue weighted by Crippen LogP contribution is -2.25. The Bertz CT molecular complexity index is 1480. The van der Waals surface area contributed by atoms with Crippen LogP contribution < -0.4 is 16.1 Å². The number of pyridine rings is 1. The molecule has 5 rings (SSSR count). The van der Waals surface area contributed by atoms with Crippen LogP contribution in [-0.2, 0) is 12.8 Å². The largest absolute Gasteiger partial charge is 0.451 e. The molecule has 1 aliphatic carbocycles. The first-order chi connectivity index (χ1) is 19.2. The van der Waals surface area contributed by atoms with Crippen LogP contribution in [0.15, 0.2) is 63.8 Å². The smallest absolute Gasteiger partial charge is 0.287 e. The van der Waals surface area contributed by atoms with E-state index in [1.54, 1.807) is 24.3 Å². The minimum atomic E-state index is -0.327. The lowest BCUT2D eigenvalue weighted by Gasteiger charge is -2.21. The number of aromatic nitrogens is 1. The van der Waals surface area contributed by atoms with Crippen molar-refractivity contribution in [3.05, 3.63) is 81.8 Å². The van der Waals surface area contributed by atoms with Crippen molar-refractivity contribution in [3.8, 4) is 0 Å². The van der Waals surface area contributed by atoms with E-state index >= 15 is 0 Å². The number of nitrogens with zero attached hydrogens (tertiary/aromatic N) is 1. The Morgan fingerprint density at radius 3 is 2.25 bits per heavy atom. The number of hydrogen-bond donors (Lipinski definition) is 2. The van der Waals surface area contributed by atoms with Gasteiger partial charge in [0.05, 0.1) is 10.9 Å². The summed E-state index contributed by atoms with van der Waals surface area (Å²) in [7, 11) is 0. The van der Waals surface area contributed by atoms with Crippen molar-refractivity contribution in [2.45, 2.75) is 77.0 Å². The highest BCUT2D eigenvalue weighted by atomic mass is 35.5. The van der Waals surface area contributed by atoms with Crippen LogP contribution >= 0.6 is 12.4 Å². The van der Waals surface area contributed by atoms with Crippen LogP contribution in [0.5, 0.6) is 0 Å². The maximum atomic E-state index is 12.4. The normalized spacial score (nSPS) is 12.6. The maximum Gasteiger partial charge on any atom is 0.287 e. The zero-order valence-corrected chi connectivity index (χ0v) is 24.0. The van der Waals surface area contributed by atoms with E-state index in [9.17, 15) is 9.59 Å². The van der Waals surface area contributed by atoms with Gasteiger partial charge in [-0.05, 0) is 62.3 Å². The average Bonchev–Trinajstić information content (AvgIpc) is 2.97. The number of rotatable bonds is 13. The lowest BCUT2D eigenvalue weighted by atomic mass is 9.92. The summed E-state index contributed by atoms with van der Waals surface area (Å²) in [5.41, 5.74) is 5.42. The highest BCUT2D eigenvalue weighted by molar-refractivity contribution is 5.94. The van der Waals surface area contributed by atoms with Crippen LogP contribution in [0.4, 0.5) is 5.69 Å². The highest BCUT2D eigenvalue weighted by Gasteiger charge is 2.17. The number of carbonyl (C=O) groups excluding carboxylic acids is 1. The van der Waals surface area contributed by atoms with E-state index in [0.717, 1.165) is 37.7 Å². The second-order valence-corrected chi connectivity index (χ2v) is 10.6. The van der Waals surface area contributed by atoms with Crippen LogP contribution in [0.1, 0.15) is 86.0 Å². The lowest BCUT2D eigenvalue weighted by molar-refractivity contribution is 0.0925. The Labute approximate surface area is 242 Å². The monoisotopic (exact) mass is 561 g/mol. The van der Waals surface area contributed by atoms with E-state index in [2.05, 4.69) is 34.9 Å². The average molecular weight is 562 g/mol. The van der Waals surface area contributed by atoms with Crippen molar-refractivity contribution in [3.63, 3.8) is 0 Å². The van der Waals surface area contributed by atoms with Gasteiger partial charge in [-0.1, -0.05) is 68.9 Å². The van der Waals surface area contributed by atoms with Crippen molar-refractivity contribution in [1.82, 2.24) is 10.3 Å². The molecule has 1 amide bonds. The highest BCUT2D eigenvalue weighted by Crippen LogP contribution is 2.33. The molecule has 0 unspecified atom stereocenters. The minimum Gasteiger partial charge on any atom is -0.451 e. The molecule has 2 N–H and O–H groups in total. The third kappa shape index (κ3) is 7.42. The predicted octanol–water partition coefficient (Wildman–Crippen LogP) is 7.60. The molecule has 0 radical (unpaired) electrons. The third-order valence-corrected chi connectivity index (χ3v) is 7.72. The molecule has 1 aliphatic rings. The molecule has 0 bridgehead atoms. The molecule has 0 fully saturated rings. The Hall–Kier alpha value is -3.38. The SMILES string of the molecule is Cl.O=C(NCCCCCCCCCCNc1c2c(nc3ccccc13)CCCC2)c1cc(=O)c2ccccc2o1. The van der Waals surface area contributed by atoms with Crippen molar-refractivity contribution in [2.75, 3.05) is 18.4 Å². The first-order valence-electron chi connectivity index (χ1n) is 14.7. The van der Waals surface area contributed by atoms with Crippen LogP contribution in [0, 0.1) is 0 Å². The quantitative estimate of drug-likeness (QED) is 0.164. The molecule has 0 atom stereocenters. The summed E-state index contributed by atoms with van der Waals surface area (Å²) >= 11 is 0. The maximum absolute atomic E-state index is 12.4. The van der Waals surface area contributed by atoms with E-state index in [-0.39, 0.29) is 29.5 Å². The van der Waals surface area contributed by atoms with Crippen LogP contribution in [0.2, 0.25) is 0 Å². The number of unbranched alkanes of at least 4 members (excludes halogenated alkanes) is 7. The van der Waals surface area contributed by atoms with Crippen LogP contribution in [0.3, 0.4) is 0 Å². The summed E-state index contributed by atoms with van der Waals surface area (Å²) in [5, 5.41) is 8.40. The first-order valence-corrected chi connectivity index (χ1v) is 14.7. The summed E-state index contributed by atoms with van der Waals surface area (Å²) in [6, 6.07) is 16.8. The standard InChI is InChI=1S/C33H39N3O3.ClH/c37-29-23-31(39-30-20-12-9-17-26(29)30)33(38)35-22-14-6-4-2-1-3-5-13-21-34-32-24-15-7-10-18-27(24)36-28-19-11-8-16-25(28)32;/h7,9-10,12,15,17-18,20,23H,1-6,8,11,13-14,16,19,21-22H2,(H,34,36)(H,35,38);1H. The zero-order chi connectivity index (χ0) is 26.9. The molecule has 40 heavy (non-hydrogen) atoms. The third-order valence-electron chi connectivity index (χ3n) is 7.72. The number of anilines is 1. The van der Waals surface area contributed by atoms with Gasteiger partial charge in [-0.3, -0.25) is 14.6 Å². The fraction of sp³-hybridized carbons (Fsp3) is 0.424. The van der Waals surface area contributed by atoms with Crippen LogP contribution in [-0.4, -0.2) is 24.0 Å². The Balaban J connectivity index is 0.00000370. The number of hydrogen-bond acceptors (Lipinski definition) is 5. The molecule has 2 aromatic heterocycles. The Kier molecular flexibility index (Phi) is 11.0. The van der Waals surface area contributed by atoms with E-state index in [4.69, 9.17) is 9.40 Å². The van der Waals surface area contributed by atoms with Gasteiger partial charge in [-0.25, -0.2) is 0 Å². The molecule has 2 aromatic carbocycles. The molecular formula is C33H40ClN3O3. The molecule has 6 nitrogen and oxygen atoms in total. The second kappa shape index (κ2) is 14.8. The molecule has 0 saturated heterocycles. The van der Waals surface area contributed by atoms with Gasteiger partial charge in [-0.2, -0.15) is 0 Å². The fourth-order valence-electron chi connectivity index (χ4n) is 5.60. The number of halogens is 1. The van der Waals surface area contributed by atoms with Gasteiger partial charge >= 0.3 is 0 Å². The van der Waals surface area contributed by atoms with E-state index in [1.807, 2.05) is 0 Å². The number of amides is 1.